The molecule has 2 aromatic heterocycles. The minimum absolute atomic E-state index is 0.0953. The highest BCUT2D eigenvalue weighted by Gasteiger charge is 2.03. The van der Waals surface area contributed by atoms with E-state index in [1.54, 1.807) is 23.3 Å². The number of imidazole rings is 1. The first-order valence-corrected chi connectivity index (χ1v) is 4.90. The summed E-state index contributed by atoms with van der Waals surface area (Å²) in [5.74, 6) is -0.812. The first-order valence-electron chi connectivity index (χ1n) is 4.90. The molecule has 0 aliphatic heterocycles. The van der Waals surface area contributed by atoms with Crippen molar-refractivity contribution in [3.8, 4) is 11.4 Å². The van der Waals surface area contributed by atoms with Crippen LogP contribution in [-0.4, -0.2) is 25.6 Å². The van der Waals surface area contributed by atoms with Crippen LogP contribution in [0.1, 0.15) is 6.42 Å². The average Bonchev–Trinajstić information content (AvgIpc) is 2.76. The predicted molar refractivity (Wildman–Crippen MR) is 57.7 cm³/mol. The Labute approximate surface area is 92.4 Å². The molecule has 16 heavy (non-hydrogen) atoms. The Kier molecular flexibility index (Phi) is 2.95. The normalized spacial score (nSPS) is 10.2. The Morgan fingerprint density at radius 3 is 2.88 bits per heavy atom. The summed E-state index contributed by atoms with van der Waals surface area (Å²) in [7, 11) is 0. The number of carboxylic acids is 1. The summed E-state index contributed by atoms with van der Waals surface area (Å²) in [6, 6.07) is 5.59. The zero-order valence-corrected chi connectivity index (χ0v) is 8.58. The third-order valence-electron chi connectivity index (χ3n) is 2.14. The predicted octanol–water partition coefficient (Wildman–Crippen LogP) is 1.42. The molecule has 0 spiro atoms. The molecule has 0 aliphatic carbocycles. The number of aromatic nitrogens is 3. The van der Waals surface area contributed by atoms with Crippen molar-refractivity contribution in [2.24, 2.45) is 0 Å². The van der Waals surface area contributed by atoms with Crippen LogP contribution in [0.5, 0.6) is 0 Å². The maximum atomic E-state index is 10.4. The summed E-state index contributed by atoms with van der Waals surface area (Å²) < 4.78 is 1.75. The lowest BCUT2D eigenvalue weighted by Crippen LogP contribution is -2.02. The van der Waals surface area contributed by atoms with Gasteiger partial charge in [-0.15, -0.1) is 0 Å². The van der Waals surface area contributed by atoms with Crippen LogP contribution in [0.15, 0.2) is 36.9 Å². The van der Waals surface area contributed by atoms with Gasteiger partial charge in [0.2, 0.25) is 0 Å². The van der Waals surface area contributed by atoms with Gasteiger partial charge in [0.25, 0.3) is 0 Å². The van der Waals surface area contributed by atoms with Crippen LogP contribution in [0.2, 0.25) is 0 Å². The lowest BCUT2D eigenvalue weighted by molar-refractivity contribution is -0.137. The molecule has 0 aliphatic rings. The first kappa shape index (κ1) is 10.4. The quantitative estimate of drug-likeness (QED) is 0.840. The number of aliphatic carboxylic acids is 1. The molecule has 1 N–H and O–H groups in total. The SMILES string of the molecule is O=C(O)CCn1cnc(-c2ccccn2)c1. The summed E-state index contributed by atoms with van der Waals surface area (Å²) in [5, 5.41) is 8.55. The largest absolute Gasteiger partial charge is 0.481 e. The third-order valence-corrected chi connectivity index (χ3v) is 2.14. The second-order valence-corrected chi connectivity index (χ2v) is 3.36. The highest BCUT2D eigenvalue weighted by atomic mass is 16.4. The van der Waals surface area contributed by atoms with Crippen molar-refractivity contribution < 1.29 is 9.90 Å². The molecule has 0 aromatic carbocycles. The molecule has 0 unspecified atom stereocenters. The molecule has 0 saturated heterocycles. The summed E-state index contributed by atoms with van der Waals surface area (Å²) in [6.45, 7) is 0.426. The lowest BCUT2D eigenvalue weighted by atomic mass is 10.3. The topological polar surface area (TPSA) is 68.0 Å². The van der Waals surface area contributed by atoms with Gasteiger partial charge in [-0.25, -0.2) is 4.98 Å². The van der Waals surface area contributed by atoms with Crippen molar-refractivity contribution in [3.63, 3.8) is 0 Å². The van der Waals surface area contributed by atoms with Crippen molar-refractivity contribution in [1.82, 2.24) is 14.5 Å². The van der Waals surface area contributed by atoms with Gasteiger partial charge in [-0.3, -0.25) is 9.78 Å². The zero-order valence-electron chi connectivity index (χ0n) is 8.58. The van der Waals surface area contributed by atoms with E-state index in [4.69, 9.17) is 5.11 Å². The summed E-state index contributed by atoms with van der Waals surface area (Å²) in [4.78, 5) is 18.7. The molecule has 5 heteroatoms. The molecule has 0 atom stereocenters. The van der Waals surface area contributed by atoms with Crippen LogP contribution in [0.3, 0.4) is 0 Å². The number of hydrogen-bond acceptors (Lipinski definition) is 3. The lowest BCUT2D eigenvalue weighted by Gasteiger charge is -1.97. The molecule has 2 heterocycles. The zero-order chi connectivity index (χ0) is 11.4. The Balaban J connectivity index is 2.11. The van der Waals surface area contributed by atoms with Crippen LogP contribution < -0.4 is 0 Å². The van der Waals surface area contributed by atoms with Crippen molar-refractivity contribution in [2.45, 2.75) is 13.0 Å². The van der Waals surface area contributed by atoms with E-state index in [0.717, 1.165) is 11.4 Å². The Morgan fingerprint density at radius 2 is 2.19 bits per heavy atom. The minimum Gasteiger partial charge on any atom is -0.481 e. The molecule has 0 amide bonds. The molecule has 0 radical (unpaired) electrons. The first-order chi connectivity index (χ1) is 7.75. The van der Waals surface area contributed by atoms with E-state index < -0.39 is 5.97 Å². The minimum atomic E-state index is -0.812. The number of carboxylic acid groups (broad SMARTS) is 1. The van der Waals surface area contributed by atoms with Gasteiger partial charge in [0.15, 0.2) is 0 Å². The van der Waals surface area contributed by atoms with Gasteiger partial charge in [-0.05, 0) is 12.1 Å². The summed E-state index contributed by atoms with van der Waals surface area (Å²) in [5.41, 5.74) is 1.54. The molecule has 0 fully saturated rings. The van der Waals surface area contributed by atoms with E-state index in [2.05, 4.69) is 9.97 Å². The van der Waals surface area contributed by atoms with Crippen molar-refractivity contribution >= 4 is 5.97 Å². The summed E-state index contributed by atoms with van der Waals surface area (Å²) >= 11 is 0. The number of pyridine rings is 1. The molecule has 2 aromatic rings. The van der Waals surface area contributed by atoms with Crippen LogP contribution in [-0.2, 0) is 11.3 Å². The second kappa shape index (κ2) is 4.57. The monoisotopic (exact) mass is 217 g/mol. The van der Waals surface area contributed by atoms with Crippen LogP contribution in [0, 0.1) is 0 Å². The molecule has 2 rings (SSSR count). The smallest absolute Gasteiger partial charge is 0.305 e. The van der Waals surface area contributed by atoms with E-state index in [0.29, 0.717) is 6.54 Å². The van der Waals surface area contributed by atoms with Gasteiger partial charge < -0.3 is 9.67 Å². The molecule has 0 saturated carbocycles. The van der Waals surface area contributed by atoms with Gasteiger partial charge in [-0.1, -0.05) is 6.07 Å². The molecular weight excluding hydrogens is 206 g/mol. The number of nitrogens with zero attached hydrogens (tertiary/aromatic N) is 3. The van der Waals surface area contributed by atoms with Gasteiger partial charge in [0, 0.05) is 18.9 Å². The fourth-order valence-corrected chi connectivity index (χ4v) is 1.35. The van der Waals surface area contributed by atoms with E-state index in [1.807, 2.05) is 18.2 Å². The summed E-state index contributed by atoms with van der Waals surface area (Å²) in [6.07, 6.45) is 5.21. The number of aryl methyl sites for hydroxylation is 1. The van der Waals surface area contributed by atoms with E-state index in [-0.39, 0.29) is 6.42 Å². The third kappa shape index (κ3) is 2.44. The van der Waals surface area contributed by atoms with Gasteiger partial charge in [0.1, 0.15) is 5.69 Å². The molecule has 0 bridgehead atoms. The highest BCUT2D eigenvalue weighted by Crippen LogP contribution is 2.12. The van der Waals surface area contributed by atoms with Crippen LogP contribution in [0.4, 0.5) is 0 Å². The van der Waals surface area contributed by atoms with Gasteiger partial charge in [-0.2, -0.15) is 0 Å². The average molecular weight is 217 g/mol. The Bertz CT molecular complexity index is 479. The van der Waals surface area contributed by atoms with Gasteiger partial charge >= 0.3 is 5.97 Å². The van der Waals surface area contributed by atoms with Crippen molar-refractivity contribution in [3.05, 3.63) is 36.9 Å². The Morgan fingerprint density at radius 1 is 1.31 bits per heavy atom. The highest BCUT2D eigenvalue weighted by molar-refractivity contribution is 5.66. The fraction of sp³-hybridized carbons (Fsp3) is 0.182. The van der Waals surface area contributed by atoms with Crippen molar-refractivity contribution in [2.75, 3.05) is 0 Å². The Hall–Kier alpha value is -2.17. The fourth-order valence-electron chi connectivity index (χ4n) is 1.35. The number of rotatable bonds is 4. The maximum Gasteiger partial charge on any atom is 0.305 e. The van der Waals surface area contributed by atoms with Crippen LogP contribution in [0.25, 0.3) is 11.4 Å². The van der Waals surface area contributed by atoms with Crippen LogP contribution >= 0.6 is 0 Å². The van der Waals surface area contributed by atoms with Gasteiger partial charge in [0.05, 0.1) is 18.4 Å². The molecule has 82 valence electrons. The van der Waals surface area contributed by atoms with Crippen molar-refractivity contribution in [1.29, 1.82) is 0 Å². The maximum absolute atomic E-state index is 10.4. The second-order valence-electron chi connectivity index (χ2n) is 3.36. The molecule has 5 nitrogen and oxygen atoms in total. The van der Waals surface area contributed by atoms with E-state index in [1.165, 1.54) is 0 Å². The van der Waals surface area contributed by atoms with E-state index in [9.17, 15) is 4.79 Å². The number of carbonyl (C=O) groups is 1. The van der Waals surface area contributed by atoms with E-state index >= 15 is 0 Å². The standard InChI is InChI=1S/C11H11N3O2/c15-11(16)4-6-14-7-10(13-8-14)9-3-1-2-5-12-9/h1-3,5,7-8H,4,6H2,(H,15,16). The number of hydrogen-bond donors (Lipinski definition) is 1. The molecular formula is C11H11N3O2.